The SMILES string of the molecule is C1=c2oc3cc4ccc(-c5ccccc5N(c5ccc(-c6ccccc6)cc5)c5ccc(-c6ccc(-c7ccccc7)cc6)cc5)cc4cc3c2=CCC1. The molecule has 2 nitrogen and oxygen atoms in total. The summed E-state index contributed by atoms with van der Waals surface area (Å²) in [6.45, 7) is 0. The van der Waals surface area contributed by atoms with Gasteiger partial charge in [-0.3, -0.25) is 0 Å². The first-order chi connectivity index (χ1) is 26.7. The van der Waals surface area contributed by atoms with Gasteiger partial charge >= 0.3 is 0 Å². The Labute approximate surface area is 315 Å². The average molecular weight is 692 g/mol. The molecule has 2 heteroatoms. The molecule has 0 atom stereocenters. The van der Waals surface area contributed by atoms with Gasteiger partial charge in [0.25, 0.3) is 0 Å². The van der Waals surface area contributed by atoms with Gasteiger partial charge < -0.3 is 9.32 Å². The Morgan fingerprint density at radius 1 is 0.389 bits per heavy atom. The smallest absolute Gasteiger partial charge is 0.136 e. The number of hydrogen-bond acceptors (Lipinski definition) is 2. The lowest BCUT2D eigenvalue weighted by atomic mass is 9.97. The largest absolute Gasteiger partial charge is 0.456 e. The third kappa shape index (κ3) is 5.88. The Hall–Kier alpha value is -6.90. The minimum atomic E-state index is 0.954. The van der Waals surface area contributed by atoms with Gasteiger partial charge in [0.2, 0.25) is 0 Å². The van der Waals surface area contributed by atoms with Crippen LogP contribution in [-0.2, 0) is 0 Å². The summed E-state index contributed by atoms with van der Waals surface area (Å²) < 4.78 is 6.27. The molecule has 256 valence electrons. The van der Waals surface area contributed by atoms with Gasteiger partial charge in [-0.15, -0.1) is 0 Å². The van der Waals surface area contributed by atoms with E-state index in [1.807, 2.05) is 0 Å². The van der Waals surface area contributed by atoms with Gasteiger partial charge in [-0.2, -0.15) is 0 Å². The molecule has 0 saturated carbocycles. The molecule has 8 aromatic carbocycles. The van der Waals surface area contributed by atoms with Crippen molar-refractivity contribution >= 4 is 51.0 Å². The number of para-hydroxylation sites is 1. The zero-order chi connectivity index (χ0) is 35.8. The van der Waals surface area contributed by atoms with E-state index in [1.165, 1.54) is 65.9 Å². The standard InChI is InChI=1S/C52H37NO/c1-3-11-36(12-4-1)38-19-21-39(22-20-38)41-27-31-46(32-28-41)53(45-29-25-40(26-30-45)37-13-5-2-6-14-37)50-17-9-7-15-47(50)43-24-23-42-35-52-49(34-44(42)33-43)48-16-8-10-18-51(48)54-52/h1-7,9,11-35H,8,10H2. The molecule has 0 N–H and O–H groups in total. The summed E-state index contributed by atoms with van der Waals surface area (Å²) in [6, 6.07) is 67.9. The highest BCUT2D eigenvalue weighted by molar-refractivity contribution is 6.00. The van der Waals surface area contributed by atoms with E-state index in [2.05, 4.69) is 205 Å². The van der Waals surface area contributed by atoms with Crippen molar-refractivity contribution in [1.82, 2.24) is 0 Å². The highest BCUT2D eigenvalue weighted by atomic mass is 16.3. The van der Waals surface area contributed by atoms with Crippen LogP contribution < -0.4 is 15.5 Å². The quantitative estimate of drug-likeness (QED) is 0.165. The third-order valence-corrected chi connectivity index (χ3v) is 10.7. The summed E-state index contributed by atoms with van der Waals surface area (Å²) in [4.78, 5) is 2.39. The van der Waals surface area contributed by atoms with Crippen LogP contribution in [0.15, 0.2) is 192 Å². The van der Waals surface area contributed by atoms with Crippen molar-refractivity contribution in [3.8, 4) is 44.5 Å². The summed E-state index contributed by atoms with van der Waals surface area (Å²) in [5.74, 6) is 0. The number of fused-ring (bicyclic) bond motifs is 4. The summed E-state index contributed by atoms with van der Waals surface area (Å²) in [6.07, 6.45) is 6.62. The predicted octanol–water partition coefficient (Wildman–Crippen LogP) is 13.1. The predicted molar refractivity (Wildman–Crippen MR) is 228 cm³/mol. The minimum absolute atomic E-state index is 0.954. The van der Waals surface area contributed by atoms with E-state index in [4.69, 9.17) is 4.42 Å². The number of benzene rings is 8. The Bertz CT molecular complexity index is 2890. The van der Waals surface area contributed by atoms with Crippen molar-refractivity contribution in [3.05, 3.63) is 199 Å². The molecule has 1 aromatic heterocycles. The Morgan fingerprint density at radius 2 is 0.889 bits per heavy atom. The molecule has 1 aliphatic rings. The molecule has 1 heterocycles. The number of furan rings is 1. The summed E-state index contributed by atoms with van der Waals surface area (Å²) in [7, 11) is 0. The first-order valence-electron chi connectivity index (χ1n) is 18.7. The number of nitrogens with zero attached hydrogens (tertiary/aromatic N) is 1. The normalized spacial score (nSPS) is 12.2. The maximum absolute atomic E-state index is 6.27. The van der Waals surface area contributed by atoms with Crippen LogP contribution in [0, 0.1) is 0 Å². The van der Waals surface area contributed by atoms with E-state index in [0.29, 0.717) is 0 Å². The van der Waals surface area contributed by atoms with Crippen molar-refractivity contribution in [1.29, 1.82) is 0 Å². The van der Waals surface area contributed by atoms with Crippen molar-refractivity contribution in [2.45, 2.75) is 12.8 Å². The zero-order valence-electron chi connectivity index (χ0n) is 29.8. The lowest BCUT2D eigenvalue weighted by Gasteiger charge is -2.28. The van der Waals surface area contributed by atoms with E-state index in [9.17, 15) is 0 Å². The van der Waals surface area contributed by atoms with Gasteiger partial charge in [0.1, 0.15) is 11.0 Å². The van der Waals surface area contributed by atoms with E-state index in [-0.39, 0.29) is 0 Å². The molecular weight excluding hydrogens is 655 g/mol. The van der Waals surface area contributed by atoms with Crippen LogP contribution in [0.25, 0.3) is 78.4 Å². The van der Waals surface area contributed by atoms with Gasteiger partial charge in [-0.25, -0.2) is 0 Å². The molecule has 0 fully saturated rings. The number of anilines is 3. The van der Waals surface area contributed by atoms with Crippen molar-refractivity contribution in [2.75, 3.05) is 4.90 Å². The van der Waals surface area contributed by atoms with Crippen LogP contribution in [-0.4, -0.2) is 0 Å². The van der Waals surface area contributed by atoms with Gasteiger partial charge in [0.05, 0.1) is 5.69 Å². The van der Waals surface area contributed by atoms with Crippen LogP contribution in [0.1, 0.15) is 12.8 Å². The van der Waals surface area contributed by atoms with E-state index < -0.39 is 0 Å². The first kappa shape index (κ1) is 31.8. The second kappa shape index (κ2) is 13.6. The molecule has 0 saturated heterocycles. The second-order valence-corrected chi connectivity index (χ2v) is 14.0. The van der Waals surface area contributed by atoms with Gasteiger partial charge in [0, 0.05) is 27.5 Å². The lowest BCUT2D eigenvalue weighted by Crippen LogP contribution is -2.21. The summed E-state index contributed by atoms with van der Waals surface area (Å²) in [5.41, 5.74) is 14.8. The van der Waals surface area contributed by atoms with Crippen molar-refractivity contribution in [2.24, 2.45) is 0 Å². The molecule has 54 heavy (non-hydrogen) atoms. The fourth-order valence-corrected chi connectivity index (χ4v) is 7.91. The van der Waals surface area contributed by atoms with Gasteiger partial charge in [-0.1, -0.05) is 146 Å². The Morgan fingerprint density at radius 3 is 1.50 bits per heavy atom. The van der Waals surface area contributed by atoms with E-state index >= 15 is 0 Å². The number of hydrogen-bond donors (Lipinski definition) is 0. The zero-order valence-corrected chi connectivity index (χ0v) is 29.8. The average Bonchev–Trinajstić information content (AvgIpc) is 3.61. The fraction of sp³-hybridized carbons (Fsp3) is 0.0385. The van der Waals surface area contributed by atoms with Crippen LogP contribution in [0.4, 0.5) is 17.1 Å². The van der Waals surface area contributed by atoms with Crippen LogP contribution in [0.3, 0.4) is 0 Å². The molecule has 10 rings (SSSR count). The minimum Gasteiger partial charge on any atom is -0.456 e. The molecule has 0 amide bonds. The molecule has 1 aliphatic carbocycles. The fourth-order valence-electron chi connectivity index (χ4n) is 7.91. The maximum Gasteiger partial charge on any atom is 0.136 e. The molecule has 0 spiro atoms. The second-order valence-electron chi connectivity index (χ2n) is 14.0. The molecule has 9 aromatic rings. The monoisotopic (exact) mass is 691 g/mol. The van der Waals surface area contributed by atoms with Crippen molar-refractivity contribution in [3.63, 3.8) is 0 Å². The number of rotatable bonds is 7. The highest BCUT2D eigenvalue weighted by Crippen LogP contribution is 2.42. The highest BCUT2D eigenvalue weighted by Gasteiger charge is 2.18. The van der Waals surface area contributed by atoms with Crippen molar-refractivity contribution < 1.29 is 4.42 Å². The first-order valence-corrected chi connectivity index (χ1v) is 18.7. The van der Waals surface area contributed by atoms with Crippen LogP contribution in [0.5, 0.6) is 0 Å². The van der Waals surface area contributed by atoms with Gasteiger partial charge in [0.15, 0.2) is 0 Å². The topological polar surface area (TPSA) is 16.4 Å². The lowest BCUT2D eigenvalue weighted by molar-refractivity contribution is 0.572. The molecule has 0 aliphatic heterocycles. The summed E-state index contributed by atoms with van der Waals surface area (Å²) in [5, 5.41) is 4.80. The third-order valence-electron chi connectivity index (χ3n) is 10.7. The molecule has 0 unspecified atom stereocenters. The van der Waals surface area contributed by atoms with Gasteiger partial charge in [-0.05, 0) is 117 Å². The van der Waals surface area contributed by atoms with Crippen LogP contribution >= 0.6 is 0 Å². The molecule has 0 bridgehead atoms. The molecule has 0 radical (unpaired) electrons. The van der Waals surface area contributed by atoms with Crippen LogP contribution in [0.2, 0.25) is 0 Å². The molecular formula is C52H37NO. The van der Waals surface area contributed by atoms with E-state index in [0.717, 1.165) is 40.9 Å². The Balaban J connectivity index is 1.07. The van der Waals surface area contributed by atoms with E-state index in [1.54, 1.807) is 0 Å². The maximum atomic E-state index is 6.27. The Kier molecular flexibility index (Phi) is 8.00. The summed E-state index contributed by atoms with van der Waals surface area (Å²) >= 11 is 0.